The van der Waals surface area contributed by atoms with Crippen molar-refractivity contribution in [2.45, 2.75) is 31.8 Å². The van der Waals surface area contributed by atoms with Crippen LogP contribution >= 0.6 is 0 Å². The van der Waals surface area contributed by atoms with E-state index in [9.17, 15) is 13.2 Å². The highest BCUT2D eigenvalue weighted by Gasteiger charge is 2.13. The third-order valence-corrected chi connectivity index (χ3v) is 3.89. The van der Waals surface area contributed by atoms with E-state index in [1.807, 2.05) is 13.8 Å². The molecule has 0 aliphatic rings. The van der Waals surface area contributed by atoms with Crippen LogP contribution in [0.15, 0.2) is 29.2 Å². The Morgan fingerprint density at radius 3 is 2.32 bits per heavy atom. The van der Waals surface area contributed by atoms with Crippen LogP contribution in [0.1, 0.15) is 31.1 Å². The molecule has 0 amide bonds. The lowest BCUT2D eigenvalue weighted by Gasteiger charge is -2.09. The number of benzene rings is 1. The minimum Gasteiger partial charge on any atom is -0.377 e. The van der Waals surface area contributed by atoms with Crippen molar-refractivity contribution >= 4 is 15.8 Å². The molecular weight excluding hydrogens is 266 g/mol. The molecule has 0 saturated heterocycles. The number of sulfonamides is 1. The summed E-state index contributed by atoms with van der Waals surface area (Å²) >= 11 is 0. The summed E-state index contributed by atoms with van der Waals surface area (Å²) in [6, 6.07) is 5.84. The van der Waals surface area contributed by atoms with Crippen molar-refractivity contribution in [3.63, 3.8) is 0 Å². The number of ketones is 1. The average Bonchev–Trinajstić information content (AvgIpc) is 2.34. The lowest BCUT2D eigenvalue weighted by molar-refractivity contribution is 0.0834. The smallest absolute Gasteiger partial charge is 0.240 e. The van der Waals surface area contributed by atoms with Crippen LogP contribution in [0.2, 0.25) is 0 Å². The predicted molar refractivity (Wildman–Crippen MR) is 72.7 cm³/mol. The molecule has 1 rings (SSSR count). The highest BCUT2D eigenvalue weighted by molar-refractivity contribution is 7.89. The summed E-state index contributed by atoms with van der Waals surface area (Å²) in [5.41, 5.74) is 0.488. The van der Waals surface area contributed by atoms with E-state index in [0.717, 1.165) is 0 Å². The molecule has 0 saturated carbocycles. The SMILES string of the molecule is CC(=O)c1ccc(S(=O)(=O)NCCOC(C)C)cc1. The maximum absolute atomic E-state index is 11.9. The molecule has 0 heterocycles. The van der Waals surface area contributed by atoms with Crippen molar-refractivity contribution in [3.8, 4) is 0 Å². The number of Topliss-reactive ketones (excluding diaryl/α,β-unsaturated/α-hetero) is 1. The molecule has 0 spiro atoms. The van der Waals surface area contributed by atoms with Crippen molar-refractivity contribution in [1.29, 1.82) is 0 Å². The number of hydrogen-bond donors (Lipinski definition) is 1. The first-order valence-electron chi connectivity index (χ1n) is 6.05. The Morgan fingerprint density at radius 1 is 1.26 bits per heavy atom. The summed E-state index contributed by atoms with van der Waals surface area (Å²) < 4.78 is 31.5. The molecule has 0 fully saturated rings. The summed E-state index contributed by atoms with van der Waals surface area (Å²) in [7, 11) is -3.54. The topological polar surface area (TPSA) is 72.5 Å². The predicted octanol–water partition coefficient (Wildman–Crippen LogP) is 1.59. The minimum atomic E-state index is -3.54. The van der Waals surface area contributed by atoms with Gasteiger partial charge < -0.3 is 4.74 Å². The fourth-order valence-electron chi connectivity index (χ4n) is 1.42. The van der Waals surface area contributed by atoms with Crippen LogP contribution in [0.25, 0.3) is 0 Å². The largest absolute Gasteiger partial charge is 0.377 e. The Bertz CT molecular complexity index is 520. The molecule has 0 atom stereocenters. The number of hydrogen-bond acceptors (Lipinski definition) is 4. The molecule has 0 aliphatic carbocycles. The van der Waals surface area contributed by atoms with Gasteiger partial charge in [0, 0.05) is 12.1 Å². The summed E-state index contributed by atoms with van der Waals surface area (Å²) in [6.45, 7) is 5.74. The maximum Gasteiger partial charge on any atom is 0.240 e. The van der Waals surface area contributed by atoms with E-state index in [0.29, 0.717) is 12.2 Å². The number of ether oxygens (including phenoxy) is 1. The quantitative estimate of drug-likeness (QED) is 0.610. The zero-order valence-corrected chi connectivity index (χ0v) is 12.2. The fraction of sp³-hybridized carbons (Fsp3) is 0.462. The third-order valence-electron chi connectivity index (χ3n) is 2.42. The van der Waals surface area contributed by atoms with E-state index in [4.69, 9.17) is 4.74 Å². The van der Waals surface area contributed by atoms with Crippen molar-refractivity contribution < 1.29 is 17.9 Å². The van der Waals surface area contributed by atoms with Crippen LogP contribution < -0.4 is 4.72 Å². The van der Waals surface area contributed by atoms with Crippen LogP contribution in [0.5, 0.6) is 0 Å². The lowest BCUT2D eigenvalue weighted by atomic mass is 10.2. The number of carbonyl (C=O) groups is 1. The monoisotopic (exact) mass is 285 g/mol. The van der Waals surface area contributed by atoms with Crippen LogP contribution in [0.4, 0.5) is 0 Å². The second-order valence-electron chi connectivity index (χ2n) is 4.40. The Morgan fingerprint density at radius 2 is 1.84 bits per heavy atom. The van der Waals surface area contributed by atoms with E-state index >= 15 is 0 Å². The van der Waals surface area contributed by atoms with Gasteiger partial charge in [0.1, 0.15) is 0 Å². The van der Waals surface area contributed by atoms with Gasteiger partial charge in [-0.2, -0.15) is 0 Å². The second-order valence-corrected chi connectivity index (χ2v) is 6.16. The molecule has 19 heavy (non-hydrogen) atoms. The molecule has 1 aromatic carbocycles. The molecule has 106 valence electrons. The summed E-state index contributed by atoms with van der Waals surface area (Å²) in [6.07, 6.45) is 0.0688. The molecule has 0 radical (unpaired) electrons. The molecule has 6 heteroatoms. The first kappa shape index (κ1) is 15.8. The minimum absolute atomic E-state index is 0.0688. The molecule has 1 N–H and O–H groups in total. The zero-order valence-electron chi connectivity index (χ0n) is 11.3. The van der Waals surface area contributed by atoms with Gasteiger partial charge in [0.25, 0.3) is 0 Å². The van der Waals surface area contributed by atoms with Crippen LogP contribution in [-0.2, 0) is 14.8 Å². The summed E-state index contributed by atoms with van der Waals surface area (Å²) in [5.74, 6) is -0.0951. The Kier molecular flexibility index (Phi) is 5.65. The van der Waals surface area contributed by atoms with Crippen molar-refractivity contribution in [2.24, 2.45) is 0 Å². The van der Waals surface area contributed by atoms with E-state index < -0.39 is 10.0 Å². The van der Waals surface area contributed by atoms with Gasteiger partial charge in [0.15, 0.2) is 5.78 Å². The fourth-order valence-corrected chi connectivity index (χ4v) is 2.44. The molecule has 1 aromatic rings. The van der Waals surface area contributed by atoms with Crippen molar-refractivity contribution in [2.75, 3.05) is 13.2 Å². The van der Waals surface area contributed by atoms with Gasteiger partial charge in [0.2, 0.25) is 10.0 Å². The standard InChI is InChI=1S/C13H19NO4S/c1-10(2)18-9-8-14-19(16,17)13-6-4-12(5-7-13)11(3)15/h4-7,10,14H,8-9H2,1-3H3. The second kappa shape index (κ2) is 6.79. The van der Waals surface area contributed by atoms with Crippen molar-refractivity contribution in [1.82, 2.24) is 4.72 Å². The highest BCUT2D eigenvalue weighted by atomic mass is 32.2. The Labute approximate surface area is 114 Å². The van der Waals surface area contributed by atoms with Gasteiger partial charge in [-0.3, -0.25) is 4.79 Å². The summed E-state index contributed by atoms with van der Waals surface area (Å²) in [4.78, 5) is 11.2. The van der Waals surface area contributed by atoms with Gasteiger partial charge in [-0.15, -0.1) is 0 Å². The molecular formula is C13H19NO4S. The van der Waals surface area contributed by atoms with Gasteiger partial charge in [0.05, 0.1) is 17.6 Å². The number of carbonyl (C=O) groups excluding carboxylic acids is 1. The molecule has 0 unspecified atom stereocenters. The van der Waals surface area contributed by atoms with Crippen LogP contribution in [0, 0.1) is 0 Å². The average molecular weight is 285 g/mol. The maximum atomic E-state index is 11.9. The zero-order chi connectivity index (χ0) is 14.5. The van der Waals surface area contributed by atoms with Gasteiger partial charge in [-0.05, 0) is 32.9 Å². The van der Waals surface area contributed by atoms with Crippen molar-refractivity contribution in [3.05, 3.63) is 29.8 Å². The highest BCUT2D eigenvalue weighted by Crippen LogP contribution is 2.10. The molecule has 0 bridgehead atoms. The van der Waals surface area contributed by atoms with E-state index in [1.165, 1.54) is 31.2 Å². The number of nitrogens with one attached hydrogen (secondary N) is 1. The third kappa shape index (κ3) is 5.10. The Balaban J connectivity index is 2.64. The van der Waals surface area contributed by atoms with Gasteiger partial charge >= 0.3 is 0 Å². The number of rotatable bonds is 7. The van der Waals surface area contributed by atoms with Gasteiger partial charge in [-0.1, -0.05) is 12.1 Å². The Hall–Kier alpha value is -1.24. The van der Waals surface area contributed by atoms with Gasteiger partial charge in [-0.25, -0.2) is 13.1 Å². The van der Waals surface area contributed by atoms with Crippen LogP contribution in [-0.4, -0.2) is 33.5 Å². The molecule has 5 nitrogen and oxygen atoms in total. The van der Waals surface area contributed by atoms with Crippen LogP contribution in [0.3, 0.4) is 0 Å². The summed E-state index contributed by atoms with van der Waals surface area (Å²) in [5, 5.41) is 0. The normalized spacial score (nSPS) is 11.8. The van der Waals surface area contributed by atoms with E-state index in [1.54, 1.807) is 0 Å². The lowest BCUT2D eigenvalue weighted by Crippen LogP contribution is -2.28. The van der Waals surface area contributed by atoms with E-state index in [2.05, 4.69) is 4.72 Å². The first-order valence-corrected chi connectivity index (χ1v) is 7.53. The molecule has 0 aromatic heterocycles. The first-order chi connectivity index (χ1) is 8.83. The molecule has 0 aliphatic heterocycles. The van der Waals surface area contributed by atoms with E-state index in [-0.39, 0.29) is 23.3 Å².